The number of aromatic nitrogens is 2. The monoisotopic (exact) mass is 273 g/mol. The van der Waals surface area contributed by atoms with Crippen molar-refractivity contribution in [3.8, 4) is 0 Å². The molecular formula is C16H23N3O. The van der Waals surface area contributed by atoms with Crippen molar-refractivity contribution in [3.63, 3.8) is 0 Å². The summed E-state index contributed by atoms with van der Waals surface area (Å²) in [7, 11) is 1.73. The predicted molar refractivity (Wildman–Crippen MR) is 82.0 cm³/mol. The molecule has 0 fully saturated rings. The largest absolute Gasteiger partial charge is 0.385 e. The van der Waals surface area contributed by atoms with Gasteiger partial charge in [-0.05, 0) is 31.4 Å². The molecule has 0 saturated heterocycles. The number of nitrogens with one attached hydrogen (secondary N) is 1. The third-order valence-electron chi connectivity index (χ3n) is 3.34. The summed E-state index contributed by atoms with van der Waals surface area (Å²) in [5, 5.41) is 3.43. The van der Waals surface area contributed by atoms with Crippen molar-refractivity contribution < 1.29 is 4.74 Å². The number of rotatable bonds is 7. The molecule has 0 aliphatic rings. The standard InChI is InChI=1S/C16H23N3O/c1-13-7-4-5-8-15(13)11-17-16-18-14(2)12-19(16)9-6-10-20-3/h4-5,7-8,12H,6,9-11H2,1-3H3,(H,17,18). The van der Waals surface area contributed by atoms with E-state index in [1.54, 1.807) is 7.11 Å². The van der Waals surface area contributed by atoms with Gasteiger partial charge in [-0.15, -0.1) is 0 Å². The number of aryl methyl sites for hydroxylation is 3. The second-order valence-electron chi connectivity index (χ2n) is 5.03. The smallest absolute Gasteiger partial charge is 0.203 e. The Kier molecular flexibility index (Phi) is 5.18. The molecule has 2 rings (SSSR count). The van der Waals surface area contributed by atoms with Gasteiger partial charge in [0.15, 0.2) is 0 Å². The maximum atomic E-state index is 5.10. The van der Waals surface area contributed by atoms with Crippen LogP contribution in [-0.2, 0) is 17.8 Å². The van der Waals surface area contributed by atoms with Gasteiger partial charge in [-0.2, -0.15) is 0 Å². The Labute approximate surface area is 120 Å². The molecule has 0 saturated carbocycles. The van der Waals surface area contributed by atoms with Crippen LogP contribution in [0, 0.1) is 13.8 Å². The van der Waals surface area contributed by atoms with Crippen LogP contribution in [0.25, 0.3) is 0 Å². The van der Waals surface area contributed by atoms with Crippen LogP contribution in [0.4, 0.5) is 5.95 Å². The molecule has 1 aromatic heterocycles. The van der Waals surface area contributed by atoms with Crippen molar-refractivity contribution >= 4 is 5.95 Å². The molecule has 0 unspecified atom stereocenters. The van der Waals surface area contributed by atoms with E-state index in [-0.39, 0.29) is 0 Å². The van der Waals surface area contributed by atoms with E-state index in [4.69, 9.17) is 4.74 Å². The summed E-state index contributed by atoms with van der Waals surface area (Å²) < 4.78 is 7.26. The van der Waals surface area contributed by atoms with Crippen LogP contribution in [0.2, 0.25) is 0 Å². The number of hydrogen-bond acceptors (Lipinski definition) is 3. The fraction of sp³-hybridized carbons (Fsp3) is 0.438. The molecule has 4 heteroatoms. The van der Waals surface area contributed by atoms with Crippen molar-refractivity contribution in [1.82, 2.24) is 9.55 Å². The second-order valence-corrected chi connectivity index (χ2v) is 5.03. The van der Waals surface area contributed by atoms with Gasteiger partial charge in [0.25, 0.3) is 0 Å². The lowest BCUT2D eigenvalue weighted by Crippen LogP contribution is -2.09. The topological polar surface area (TPSA) is 39.1 Å². The van der Waals surface area contributed by atoms with Crippen LogP contribution in [0.15, 0.2) is 30.5 Å². The number of imidazole rings is 1. The summed E-state index contributed by atoms with van der Waals surface area (Å²) >= 11 is 0. The lowest BCUT2D eigenvalue weighted by molar-refractivity contribution is 0.190. The van der Waals surface area contributed by atoms with Crippen LogP contribution >= 0.6 is 0 Å². The van der Waals surface area contributed by atoms with Crippen molar-refractivity contribution in [2.24, 2.45) is 0 Å². The Morgan fingerprint density at radius 2 is 2.05 bits per heavy atom. The first-order valence-electron chi connectivity index (χ1n) is 7.02. The highest BCUT2D eigenvalue weighted by Crippen LogP contribution is 2.13. The SMILES string of the molecule is COCCCn1cc(C)nc1NCc1ccccc1C. The molecule has 0 bridgehead atoms. The Morgan fingerprint density at radius 3 is 2.80 bits per heavy atom. The van der Waals surface area contributed by atoms with Gasteiger partial charge in [-0.25, -0.2) is 4.98 Å². The van der Waals surface area contributed by atoms with E-state index in [0.29, 0.717) is 0 Å². The van der Waals surface area contributed by atoms with E-state index in [1.165, 1.54) is 11.1 Å². The minimum absolute atomic E-state index is 0.772. The lowest BCUT2D eigenvalue weighted by atomic mass is 10.1. The Morgan fingerprint density at radius 1 is 1.25 bits per heavy atom. The minimum Gasteiger partial charge on any atom is -0.385 e. The molecule has 108 valence electrons. The number of hydrogen-bond donors (Lipinski definition) is 1. The fourth-order valence-corrected chi connectivity index (χ4v) is 2.22. The van der Waals surface area contributed by atoms with E-state index in [9.17, 15) is 0 Å². The predicted octanol–water partition coefficient (Wildman–Crippen LogP) is 3.15. The minimum atomic E-state index is 0.772. The molecule has 0 atom stereocenters. The van der Waals surface area contributed by atoms with Gasteiger partial charge in [-0.1, -0.05) is 24.3 Å². The molecule has 1 N–H and O–H groups in total. The molecule has 1 aromatic carbocycles. The number of methoxy groups -OCH3 is 1. The molecule has 0 spiro atoms. The van der Waals surface area contributed by atoms with Crippen molar-refractivity contribution in [2.45, 2.75) is 33.4 Å². The van der Waals surface area contributed by atoms with Crippen LogP contribution in [0.5, 0.6) is 0 Å². The third kappa shape index (κ3) is 3.84. The molecule has 4 nitrogen and oxygen atoms in total. The van der Waals surface area contributed by atoms with Gasteiger partial charge in [0, 0.05) is 33.0 Å². The maximum absolute atomic E-state index is 5.10. The van der Waals surface area contributed by atoms with E-state index in [0.717, 1.165) is 37.8 Å². The van der Waals surface area contributed by atoms with Crippen LogP contribution in [0.1, 0.15) is 23.2 Å². The van der Waals surface area contributed by atoms with Crippen LogP contribution < -0.4 is 5.32 Å². The second kappa shape index (κ2) is 7.10. The number of benzene rings is 1. The van der Waals surface area contributed by atoms with Crippen molar-refractivity contribution in [2.75, 3.05) is 19.0 Å². The molecule has 0 radical (unpaired) electrons. The summed E-state index contributed by atoms with van der Waals surface area (Å²) in [6.45, 7) is 6.64. The average Bonchev–Trinajstić information content (AvgIpc) is 2.78. The maximum Gasteiger partial charge on any atom is 0.203 e. The Balaban J connectivity index is 2.00. The highest BCUT2D eigenvalue weighted by molar-refractivity contribution is 5.33. The molecule has 0 aliphatic carbocycles. The molecule has 20 heavy (non-hydrogen) atoms. The summed E-state index contributed by atoms with van der Waals surface area (Å²) in [6.07, 6.45) is 3.07. The van der Waals surface area contributed by atoms with Gasteiger partial charge >= 0.3 is 0 Å². The summed E-state index contributed by atoms with van der Waals surface area (Å²) in [5.74, 6) is 0.932. The molecular weight excluding hydrogens is 250 g/mol. The first-order chi connectivity index (χ1) is 9.70. The van der Waals surface area contributed by atoms with Gasteiger partial charge in [0.2, 0.25) is 5.95 Å². The first-order valence-corrected chi connectivity index (χ1v) is 7.02. The summed E-state index contributed by atoms with van der Waals surface area (Å²) in [6, 6.07) is 8.41. The normalized spacial score (nSPS) is 10.8. The lowest BCUT2D eigenvalue weighted by Gasteiger charge is -2.11. The van der Waals surface area contributed by atoms with Gasteiger partial charge in [-0.3, -0.25) is 0 Å². The van der Waals surface area contributed by atoms with E-state index in [2.05, 4.69) is 52.3 Å². The van der Waals surface area contributed by atoms with Gasteiger partial charge in [0.1, 0.15) is 0 Å². The van der Waals surface area contributed by atoms with Gasteiger partial charge in [0.05, 0.1) is 5.69 Å². The van der Waals surface area contributed by atoms with Crippen molar-refractivity contribution in [1.29, 1.82) is 0 Å². The number of anilines is 1. The van der Waals surface area contributed by atoms with E-state index in [1.807, 2.05) is 6.92 Å². The van der Waals surface area contributed by atoms with Crippen LogP contribution in [-0.4, -0.2) is 23.3 Å². The zero-order valence-electron chi connectivity index (χ0n) is 12.5. The quantitative estimate of drug-likeness (QED) is 0.788. The van der Waals surface area contributed by atoms with E-state index >= 15 is 0 Å². The highest BCUT2D eigenvalue weighted by atomic mass is 16.5. The zero-order chi connectivity index (χ0) is 14.4. The Hall–Kier alpha value is -1.81. The number of ether oxygens (including phenoxy) is 1. The molecule has 2 aromatic rings. The molecule has 1 heterocycles. The molecule has 0 aliphatic heterocycles. The van der Waals surface area contributed by atoms with Gasteiger partial charge < -0.3 is 14.6 Å². The summed E-state index contributed by atoms with van der Waals surface area (Å²) in [5.41, 5.74) is 3.64. The highest BCUT2D eigenvalue weighted by Gasteiger charge is 2.05. The number of nitrogens with zero attached hydrogens (tertiary/aromatic N) is 2. The first kappa shape index (κ1) is 14.6. The summed E-state index contributed by atoms with van der Waals surface area (Å²) in [4.78, 5) is 4.55. The zero-order valence-corrected chi connectivity index (χ0v) is 12.5. The van der Waals surface area contributed by atoms with Crippen molar-refractivity contribution in [3.05, 3.63) is 47.3 Å². The molecule has 0 amide bonds. The fourth-order valence-electron chi connectivity index (χ4n) is 2.22. The Bertz CT molecular complexity index is 548. The average molecular weight is 273 g/mol. The van der Waals surface area contributed by atoms with E-state index < -0.39 is 0 Å². The third-order valence-corrected chi connectivity index (χ3v) is 3.34. The van der Waals surface area contributed by atoms with Crippen LogP contribution in [0.3, 0.4) is 0 Å².